The molecule has 3 rings (SSSR count). The van der Waals surface area contributed by atoms with Gasteiger partial charge in [0.15, 0.2) is 17.1 Å². The van der Waals surface area contributed by atoms with E-state index in [1.807, 2.05) is 0 Å². The van der Waals surface area contributed by atoms with Crippen molar-refractivity contribution in [3.8, 4) is 11.5 Å². The number of nitrogens with zero attached hydrogens (tertiary/aromatic N) is 1. The first-order valence-electron chi connectivity index (χ1n) is 7.19. The number of hydrogen-bond acceptors (Lipinski definition) is 5. The van der Waals surface area contributed by atoms with Crippen LogP contribution in [0.15, 0.2) is 57.8 Å². The molecule has 0 fully saturated rings. The molecule has 0 bridgehead atoms. The maximum Gasteiger partial charge on any atom is 0.427 e. The average Bonchev–Trinajstić information content (AvgIpc) is 2.95. The molecule has 0 amide bonds. The molecular formula is C18H15NO5. The van der Waals surface area contributed by atoms with Crippen molar-refractivity contribution in [3.63, 3.8) is 0 Å². The number of allylic oxidation sites excluding steroid dienone is 1. The molecule has 1 aromatic heterocycles. The summed E-state index contributed by atoms with van der Waals surface area (Å²) in [6, 6.07) is 12.0. The van der Waals surface area contributed by atoms with E-state index in [1.54, 1.807) is 55.7 Å². The highest BCUT2D eigenvalue weighted by Crippen LogP contribution is 2.28. The zero-order valence-electron chi connectivity index (χ0n) is 13.2. The Kier molecular flexibility index (Phi) is 4.20. The van der Waals surface area contributed by atoms with Crippen LogP contribution in [0.1, 0.15) is 10.4 Å². The number of hydrogen-bond donors (Lipinski definition) is 0. The maximum absolute atomic E-state index is 12.4. The Morgan fingerprint density at radius 1 is 1.08 bits per heavy atom. The highest BCUT2D eigenvalue weighted by atomic mass is 16.5. The predicted octanol–water partition coefficient (Wildman–Crippen LogP) is 2.97. The fourth-order valence-electron chi connectivity index (χ4n) is 2.37. The fraction of sp³-hybridized carbons (Fsp3) is 0.111. The molecule has 0 N–H and O–H groups in total. The number of oxazole rings is 1. The third-order valence-corrected chi connectivity index (χ3v) is 3.53. The number of methoxy groups -OCH3 is 2. The summed E-state index contributed by atoms with van der Waals surface area (Å²) in [5.74, 6) is -0.0473. The largest absolute Gasteiger partial charge is 0.493 e. The smallest absolute Gasteiger partial charge is 0.427 e. The summed E-state index contributed by atoms with van der Waals surface area (Å²) in [6.07, 6.45) is 2.91. The van der Waals surface area contributed by atoms with Crippen LogP contribution in [-0.4, -0.2) is 24.7 Å². The van der Waals surface area contributed by atoms with Gasteiger partial charge in [0.1, 0.15) is 0 Å². The Balaban J connectivity index is 1.93. The minimum Gasteiger partial charge on any atom is -0.493 e. The Hall–Kier alpha value is -3.28. The van der Waals surface area contributed by atoms with Crippen molar-refractivity contribution in [2.75, 3.05) is 14.2 Å². The first-order valence-corrected chi connectivity index (χ1v) is 7.19. The van der Waals surface area contributed by atoms with E-state index < -0.39 is 11.7 Å². The Morgan fingerprint density at radius 2 is 1.83 bits per heavy atom. The third-order valence-electron chi connectivity index (χ3n) is 3.53. The van der Waals surface area contributed by atoms with Crippen LogP contribution < -0.4 is 15.2 Å². The van der Waals surface area contributed by atoms with Crippen molar-refractivity contribution in [1.29, 1.82) is 0 Å². The van der Waals surface area contributed by atoms with Crippen LogP contribution in [-0.2, 0) is 0 Å². The van der Waals surface area contributed by atoms with Crippen molar-refractivity contribution in [2.24, 2.45) is 0 Å². The normalized spacial score (nSPS) is 11.1. The maximum atomic E-state index is 12.4. The summed E-state index contributed by atoms with van der Waals surface area (Å²) in [5.41, 5.74) is 1.54. The molecule has 0 spiro atoms. The highest BCUT2D eigenvalue weighted by Gasteiger charge is 2.13. The van der Waals surface area contributed by atoms with Crippen LogP contribution in [0, 0.1) is 0 Å². The van der Waals surface area contributed by atoms with Gasteiger partial charge in [-0.3, -0.25) is 4.79 Å². The summed E-state index contributed by atoms with van der Waals surface area (Å²) in [5, 5.41) is 0. The van der Waals surface area contributed by atoms with E-state index in [-0.39, 0.29) is 0 Å². The summed E-state index contributed by atoms with van der Waals surface area (Å²) in [6.45, 7) is 0. The van der Waals surface area contributed by atoms with Gasteiger partial charge >= 0.3 is 5.76 Å². The average molecular weight is 325 g/mol. The molecule has 3 aromatic rings. The lowest BCUT2D eigenvalue weighted by Crippen LogP contribution is -2.20. The zero-order chi connectivity index (χ0) is 17.1. The number of aromatic nitrogens is 1. The summed E-state index contributed by atoms with van der Waals surface area (Å²) >= 11 is 0. The number of fused-ring (bicyclic) bond motifs is 1. The topological polar surface area (TPSA) is 70.7 Å². The van der Waals surface area contributed by atoms with E-state index in [0.717, 1.165) is 10.1 Å². The highest BCUT2D eigenvalue weighted by molar-refractivity contribution is 5.98. The summed E-state index contributed by atoms with van der Waals surface area (Å²) in [7, 11) is 3.08. The van der Waals surface area contributed by atoms with Crippen LogP contribution in [0.25, 0.3) is 17.2 Å². The first-order chi connectivity index (χ1) is 11.6. The van der Waals surface area contributed by atoms with E-state index in [0.29, 0.717) is 22.6 Å². The van der Waals surface area contributed by atoms with Crippen LogP contribution in [0.4, 0.5) is 0 Å². The lowest BCUT2D eigenvalue weighted by molar-refractivity contribution is 0.0966. The van der Waals surface area contributed by atoms with Crippen molar-refractivity contribution < 1.29 is 18.7 Å². The standard InChI is InChI=1S/C18H15NO5/c1-22-15-9-7-12(11-16(15)23-2)8-10-17(20)19-13-5-3-4-6-14(13)24-18(19)21/h3-11H,1-2H3/b10-8+. The number of benzene rings is 2. The minimum absolute atomic E-state index is 0.371. The fourth-order valence-corrected chi connectivity index (χ4v) is 2.37. The second-order valence-corrected chi connectivity index (χ2v) is 4.96. The lowest BCUT2D eigenvalue weighted by Gasteiger charge is -2.07. The first kappa shape index (κ1) is 15.6. The Morgan fingerprint density at radius 3 is 2.58 bits per heavy atom. The van der Waals surface area contributed by atoms with Gasteiger partial charge in [0, 0.05) is 6.08 Å². The van der Waals surface area contributed by atoms with Gasteiger partial charge in [-0.2, -0.15) is 0 Å². The monoisotopic (exact) mass is 325 g/mol. The molecule has 1 heterocycles. The van der Waals surface area contributed by atoms with Gasteiger partial charge in [0.25, 0.3) is 5.91 Å². The third kappa shape index (κ3) is 2.81. The molecule has 0 aliphatic rings. The van der Waals surface area contributed by atoms with Gasteiger partial charge in [-0.05, 0) is 35.9 Å². The Bertz CT molecular complexity index is 980. The van der Waals surface area contributed by atoms with Crippen molar-refractivity contribution in [2.45, 2.75) is 0 Å². The van der Waals surface area contributed by atoms with E-state index in [9.17, 15) is 9.59 Å². The zero-order valence-corrected chi connectivity index (χ0v) is 13.2. The second-order valence-electron chi connectivity index (χ2n) is 4.96. The molecule has 6 heteroatoms. The summed E-state index contributed by atoms with van der Waals surface area (Å²) < 4.78 is 16.4. The van der Waals surface area contributed by atoms with E-state index >= 15 is 0 Å². The van der Waals surface area contributed by atoms with Crippen molar-refractivity contribution in [1.82, 2.24) is 4.57 Å². The molecule has 0 aliphatic carbocycles. The molecule has 0 saturated heterocycles. The number of rotatable bonds is 4. The van der Waals surface area contributed by atoms with Crippen LogP contribution in [0.2, 0.25) is 0 Å². The lowest BCUT2D eigenvalue weighted by atomic mass is 10.2. The van der Waals surface area contributed by atoms with Crippen LogP contribution >= 0.6 is 0 Å². The van der Waals surface area contributed by atoms with Crippen molar-refractivity contribution >= 4 is 23.1 Å². The summed E-state index contributed by atoms with van der Waals surface area (Å²) in [4.78, 5) is 24.2. The van der Waals surface area contributed by atoms with E-state index in [1.165, 1.54) is 13.2 Å². The SMILES string of the molecule is COc1ccc(/C=C/C(=O)n2c(=O)oc3ccccc32)cc1OC. The van der Waals surface area contributed by atoms with Gasteiger partial charge in [-0.1, -0.05) is 18.2 Å². The molecule has 0 atom stereocenters. The number of para-hydroxylation sites is 2. The van der Waals surface area contributed by atoms with Gasteiger partial charge in [0.2, 0.25) is 0 Å². The Labute approximate surface area is 137 Å². The molecule has 122 valence electrons. The van der Waals surface area contributed by atoms with Gasteiger partial charge in [-0.15, -0.1) is 0 Å². The number of carbonyl (C=O) groups is 1. The molecule has 24 heavy (non-hydrogen) atoms. The van der Waals surface area contributed by atoms with E-state index in [2.05, 4.69) is 0 Å². The van der Waals surface area contributed by atoms with Gasteiger partial charge in [-0.25, -0.2) is 9.36 Å². The van der Waals surface area contributed by atoms with Crippen molar-refractivity contribution in [3.05, 3.63) is 64.7 Å². The van der Waals surface area contributed by atoms with Gasteiger partial charge in [0.05, 0.1) is 19.7 Å². The predicted molar refractivity (Wildman–Crippen MR) is 89.7 cm³/mol. The number of carbonyl (C=O) groups excluding carboxylic acids is 1. The molecule has 0 saturated carbocycles. The van der Waals surface area contributed by atoms with Crippen LogP contribution in [0.3, 0.4) is 0 Å². The molecular weight excluding hydrogens is 310 g/mol. The molecule has 2 aromatic carbocycles. The number of ether oxygens (including phenoxy) is 2. The molecule has 0 aliphatic heterocycles. The molecule has 0 unspecified atom stereocenters. The molecule has 0 radical (unpaired) electrons. The minimum atomic E-state index is -0.710. The van der Waals surface area contributed by atoms with Gasteiger partial charge < -0.3 is 13.9 Å². The second kappa shape index (κ2) is 6.45. The quantitative estimate of drug-likeness (QED) is 0.690. The van der Waals surface area contributed by atoms with E-state index in [4.69, 9.17) is 13.9 Å². The van der Waals surface area contributed by atoms with Crippen LogP contribution in [0.5, 0.6) is 11.5 Å². The molecule has 6 nitrogen and oxygen atoms in total.